The SMILES string of the molecule is CC(=O)OCC1OC(OCCOc2cccc(C(=O)c3oc4ccc5c(C)cc(=O)oc5c4c3-c3ccccc3)c2)C(OC(C)=O)C(OC(C)=O)C1OC(C)=O. The summed E-state index contributed by atoms with van der Waals surface area (Å²) in [5.41, 5.74) is 2.24. The van der Waals surface area contributed by atoms with Gasteiger partial charge < -0.3 is 42.0 Å². The average Bonchev–Trinajstić information content (AvgIpc) is 3.54. The van der Waals surface area contributed by atoms with E-state index in [0.717, 1.165) is 20.8 Å². The lowest BCUT2D eigenvalue weighted by molar-refractivity contribution is -0.308. The standard InChI is InChI=1S/C41H38O15/c1-21-18-32(46)56-36-29(21)14-15-30-34(36)33(26-10-7-6-8-11-26)38(54-30)35(47)27-12-9-13-28(19-27)48-16-17-49-41-40(53-25(5)45)39(52-24(4)44)37(51-23(3)43)31(55-41)20-50-22(2)42/h6-15,18-19,31,37,39-41H,16-17,20H2,1-5H3. The van der Waals surface area contributed by atoms with Crippen molar-refractivity contribution in [3.63, 3.8) is 0 Å². The zero-order chi connectivity index (χ0) is 40.1. The molecule has 0 aliphatic carbocycles. The third-order valence-electron chi connectivity index (χ3n) is 8.72. The summed E-state index contributed by atoms with van der Waals surface area (Å²) in [6.45, 7) is 5.66. The molecule has 1 saturated heterocycles. The number of aryl methyl sites for hydroxylation is 1. The maximum Gasteiger partial charge on any atom is 0.336 e. The van der Waals surface area contributed by atoms with Crippen LogP contribution in [0.25, 0.3) is 33.1 Å². The van der Waals surface area contributed by atoms with E-state index in [2.05, 4.69) is 0 Å². The molecule has 3 heterocycles. The number of carbonyl (C=O) groups excluding carboxylic acids is 5. The van der Waals surface area contributed by atoms with Crippen LogP contribution in [0, 0.1) is 6.92 Å². The van der Waals surface area contributed by atoms with E-state index in [1.165, 1.54) is 19.1 Å². The molecule has 0 radical (unpaired) electrons. The lowest BCUT2D eigenvalue weighted by Crippen LogP contribution is -2.63. The van der Waals surface area contributed by atoms with E-state index in [1.54, 1.807) is 37.3 Å². The maximum atomic E-state index is 14.2. The predicted molar refractivity (Wildman–Crippen MR) is 196 cm³/mol. The fraction of sp³-hybridized carbons (Fsp3) is 0.317. The molecule has 15 nitrogen and oxygen atoms in total. The summed E-state index contributed by atoms with van der Waals surface area (Å²) in [5, 5.41) is 1.19. The van der Waals surface area contributed by atoms with Crippen molar-refractivity contribution in [2.45, 2.75) is 65.3 Å². The van der Waals surface area contributed by atoms with Gasteiger partial charge in [-0.05, 0) is 42.3 Å². The molecule has 5 aromatic rings. The van der Waals surface area contributed by atoms with Crippen LogP contribution in [0.2, 0.25) is 0 Å². The third kappa shape index (κ3) is 8.80. The van der Waals surface area contributed by atoms with Crippen LogP contribution in [0.5, 0.6) is 5.75 Å². The number of rotatable bonds is 13. The highest BCUT2D eigenvalue weighted by Gasteiger charge is 2.52. The van der Waals surface area contributed by atoms with E-state index in [0.29, 0.717) is 44.4 Å². The number of fused-ring (bicyclic) bond motifs is 3. The number of furan rings is 1. The minimum absolute atomic E-state index is 0.0343. The van der Waals surface area contributed by atoms with Gasteiger partial charge in [0.2, 0.25) is 5.78 Å². The number of esters is 4. The minimum atomic E-state index is -1.40. The lowest BCUT2D eigenvalue weighted by Gasteiger charge is -2.44. The minimum Gasteiger partial charge on any atom is -0.491 e. The van der Waals surface area contributed by atoms with Crippen LogP contribution in [0.15, 0.2) is 86.4 Å². The summed E-state index contributed by atoms with van der Waals surface area (Å²) in [4.78, 5) is 74.5. The summed E-state index contributed by atoms with van der Waals surface area (Å²) >= 11 is 0. The van der Waals surface area contributed by atoms with Crippen molar-refractivity contribution < 1.29 is 66.0 Å². The van der Waals surface area contributed by atoms with Gasteiger partial charge in [0.05, 0.1) is 12.0 Å². The van der Waals surface area contributed by atoms with Crippen LogP contribution < -0.4 is 10.4 Å². The molecule has 0 amide bonds. The molecule has 0 N–H and O–H groups in total. The lowest BCUT2D eigenvalue weighted by atomic mass is 9.96. The third-order valence-corrected chi connectivity index (χ3v) is 8.72. The molecule has 0 spiro atoms. The number of carbonyl (C=O) groups is 5. The van der Waals surface area contributed by atoms with Crippen molar-refractivity contribution in [1.82, 2.24) is 0 Å². The van der Waals surface area contributed by atoms with Gasteiger partial charge in [0, 0.05) is 50.3 Å². The van der Waals surface area contributed by atoms with Gasteiger partial charge in [-0.3, -0.25) is 24.0 Å². The van der Waals surface area contributed by atoms with E-state index >= 15 is 0 Å². The Balaban J connectivity index is 1.23. The highest BCUT2D eigenvalue weighted by atomic mass is 16.7. The Bertz CT molecular complexity index is 2340. The van der Waals surface area contributed by atoms with Crippen molar-refractivity contribution in [2.75, 3.05) is 19.8 Å². The first-order valence-electron chi connectivity index (χ1n) is 17.6. The molecule has 1 fully saturated rings. The fourth-order valence-electron chi connectivity index (χ4n) is 6.51. The van der Waals surface area contributed by atoms with Gasteiger partial charge in [0.1, 0.15) is 36.2 Å². The highest BCUT2D eigenvalue weighted by molar-refractivity contribution is 6.20. The summed E-state index contributed by atoms with van der Waals surface area (Å²) in [6.07, 6.45) is -6.68. The summed E-state index contributed by atoms with van der Waals surface area (Å²) in [7, 11) is 0. The van der Waals surface area contributed by atoms with Crippen LogP contribution in [0.1, 0.15) is 49.4 Å². The smallest absolute Gasteiger partial charge is 0.336 e. The van der Waals surface area contributed by atoms with Gasteiger partial charge in [0.15, 0.2) is 30.4 Å². The monoisotopic (exact) mass is 770 g/mol. The second-order valence-corrected chi connectivity index (χ2v) is 12.9. The molecule has 3 aromatic carbocycles. The molecule has 1 aliphatic heterocycles. The molecule has 0 saturated carbocycles. The van der Waals surface area contributed by atoms with Gasteiger partial charge >= 0.3 is 29.5 Å². The van der Waals surface area contributed by atoms with Crippen LogP contribution in [0.4, 0.5) is 0 Å². The largest absolute Gasteiger partial charge is 0.491 e. The topological polar surface area (TPSA) is 193 Å². The first-order valence-corrected chi connectivity index (χ1v) is 17.6. The van der Waals surface area contributed by atoms with Crippen molar-refractivity contribution in [3.8, 4) is 16.9 Å². The van der Waals surface area contributed by atoms with Crippen LogP contribution in [-0.2, 0) is 47.6 Å². The number of ketones is 1. The molecule has 5 atom stereocenters. The molecular weight excluding hydrogens is 732 g/mol. The van der Waals surface area contributed by atoms with Crippen molar-refractivity contribution in [2.24, 2.45) is 0 Å². The molecule has 0 bridgehead atoms. The van der Waals surface area contributed by atoms with E-state index in [9.17, 15) is 28.8 Å². The Morgan fingerprint density at radius 2 is 1.41 bits per heavy atom. The Kier molecular flexibility index (Phi) is 12.0. The van der Waals surface area contributed by atoms with Crippen LogP contribution in [-0.4, -0.2) is 80.2 Å². The normalized spacial score (nSPS) is 19.3. The molecule has 56 heavy (non-hydrogen) atoms. The maximum absolute atomic E-state index is 14.2. The van der Waals surface area contributed by atoms with Gasteiger partial charge in [-0.25, -0.2) is 4.79 Å². The van der Waals surface area contributed by atoms with Crippen molar-refractivity contribution >= 4 is 51.6 Å². The Morgan fingerprint density at radius 1 is 0.714 bits per heavy atom. The van der Waals surface area contributed by atoms with E-state index in [-0.39, 0.29) is 24.5 Å². The molecule has 5 unspecified atom stereocenters. The van der Waals surface area contributed by atoms with Gasteiger partial charge in [-0.15, -0.1) is 0 Å². The van der Waals surface area contributed by atoms with Gasteiger partial charge in [-0.1, -0.05) is 42.5 Å². The van der Waals surface area contributed by atoms with Gasteiger partial charge in [-0.2, -0.15) is 0 Å². The Hall–Kier alpha value is -6.32. The number of ether oxygens (including phenoxy) is 7. The summed E-state index contributed by atoms with van der Waals surface area (Å²) < 4.78 is 51.0. The fourth-order valence-corrected chi connectivity index (χ4v) is 6.51. The van der Waals surface area contributed by atoms with Crippen molar-refractivity contribution in [3.05, 3.63) is 100 Å². The summed E-state index contributed by atoms with van der Waals surface area (Å²) in [5.74, 6) is -3.08. The van der Waals surface area contributed by atoms with E-state index in [1.807, 2.05) is 30.3 Å². The first-order chi connectivity index (χ1) is 26.8. The quantitative estimate of drug-likeness (QED) is 0.0497. The zero-order valence-corrected chi connectivity index (χ0v) is 31.1. The zero-order valence-electron chi connectivity index (χ0n) is 31.1. The van der Waals surface area contributed by atoms with E-state index in [4.69, 9.17) is 42.0 Å². The second kappa shape index (κ2) is 17.0. The number of hydrogen-bond donors (Lipinski definition) is 0. The Morgan fingerprint density at radius 3 is 2.11 bits per heavy atom. The Labute approximate surface area is 319 Å². The predicted octanol–water partition coefficient (Wildman–Crippen LogP) is 5.22. The van der Waals surface area contributed by atoms with Crippen molar-refractivity contribution in [1.29, 1.82) is 0 Å². The molecule has 2 aromatic heterocycles. The van der Waals surface area contributed by atoms with E-state index < -0.39 is 72.6 Å². The molecule has 15 heteroatoms. The molecule has 1 aliphatic rings. The molecule has 6 rings (SSSR count). The first kappa shape index (κ1) is 39.4. The summed E-state index contributed by atoms with van der Waals surface area (Å²) in [6, 6.07) is 20.5. The second-order valence-electron chi connectivity index (χ2n) is 12.9. The van der Waals surface area contributed by atoms with Gasteiger partial charge in [0.25, 0.3) is 0 Å². The average molecular weight is 771 g/mol. The number of benzene rings is 3. The number of hydrogen-bond acceptors (Lipinski definition) is 15. The highest BCUT2D eigenvalue weighted by Crippen LogP contribution is 2.40. The molecule has 292 valence electrons. The van der Waals surface area contributed by atoms with Crippen LogP contribution in [0.3, 0.4) is 0 Å². The van der Waals surface area contributed by atoms with Crippen LogP contribution >= 0.6 is 0 Å². The molecular formula is C41H38O15.